The highest BCUT2D eigenvalue weighted by Crippen LogP contribution is 2.05. The summed E-state index contributed by atoms with van der Waals surface area (Å²) in [7, 11) is 1.16. The quantitative estimate of drug-likeness (QED) is 0.470. The summed E-state index contributed by atoms with van der Waals surface area (Å²) in [5.41, 5.74) is 0.344. The summed E-state index contributed by atoms with van der Waals surface area (Å²) in [5, 5.41) is 2.27. The molecule has 0 aliphatic rings. The zero-order valence-electron chi connectivity index (χ0n) is 9.60. The molecule has 0 spiro atoms. The number of methoxy groups -OCH3 is 1. The van der Waals surface area contributed by atoms with E-state index in [1.165, 1.54) is 6.92 Å². The second kappa shape index (κ2) is 5.79. The zero-order chi connectivity index (χ0) is 12.8. The highest BCUT2D eigenvalue weighted by molar-refractivity contribution is 6.13. The molecule has 0 aliphatic heterocycles. The van der Waals surface area contributed by atoms with Crippen molar-refractivity contribution in [1.82, 2.24) is 5.32 Å². The molecule has 0 fully saturated rings. The largest absolute Gasteiger partial charge is 0.467 e. The molecule has 17 heavy (non-hydrogen) atoms. The Morgan fingerprint density at radius 1 is 1.18 bits per heavy atom. The van der Waals surface area contributed by atoms with Gasteiger partial charge in [0.1, 0.15) is 0 Å². The van der Waals surface area contributed by atoms with Gasteiger partial charge in [-0.3, -0.25) is 9.59 Å². The van der Waals surface area contributed by atoms with Crippen molar-refractivity contribution < 1.29 is 19.1 Å². The first-order valence-electron chi connectivity index (χ1n) is 5.00. The molecule has 0 heterocycles. The van der Waals surface area contributed by atoms with Crippen LogP contribution in [0, 0.1) is 0 Å². The summed E-state index contributed by atoms with van der Waals surface area (Å²) in [6.45, 7) is 1.23. The van der Waals surface area contributed by atoms with Crippen molar-refractivity contribution in [3.63, 3.8) is 0 Å². The Labute approximate surface area is 98.8 Å². The van der Waals surface area contributed by atoms with E-state index in [9.17, 15) is 14.4 Å². The van der Waals surface area contributed by atoms with Crippen molar-refractivity contribution in [2.75, 3.05) is 7.11 Å². The van der Waals surface area contributed by atoms with Gasteiger partial charge in [-0.05, 0) is 0 Å². The van der Waals surface area contributed by atoms with Crippen LogP contribution in [0.25, 0.3) is 0 Å². The molecule has 1 aromatic carbocycles. The minimum Gasteiger partial charge on any atom is -0.467 e. The molecule has 5 nitrogen and oxygen atoms in total. The van der Waals surface area contributed by atoms with Gasteiger partial charge in [0.05, 0.1) is 7.11 Å². The standard InChI is InChI=1S/C12H13NO4/c1-8(14)13-10(12(16)17-2)11(15)9-6-4-3-5-7-9/h3-7,10H,1-2H3,(H,13,14). The Morgan fingerprint density at radius 2 is 1.76 bits per heavy atom. The maximum atomic E-state index is 12.0. The molecular formula is C12H13NO4. The van der Waals surface area contributed by atoms with Gasteiger partial charge in [-0.1, -0.05) is 30.3 Å². The third kappa shape index (κ3) is 3.41. The lowest BCUT2D eigenvalue weighted by molar-refractivity contribution is -0.143. The lowest BCUT2D eigenvalue weighted by Gasteiger charge is -2.14. The van der Waals surface area contributed by atoms with Gasteiger partial charge < -0.3 is 10.1 Å². The summed E-state index contributed by atoms with van der Waals surface area (Å²) in [6.07, 6.45) is 0. The summed E-state index contributed by atoms with van der Waals surface area (Å²) < 4.78 is 4.48. The molecule has 5 heteroatoms. The maximum absolute atomic E-state index is 12.0. The van der Waals surface area contributed by atoms with E-state index >= 15 is 0 Å². The molecule has 0 saturated heterocycles. The number of nitrogens with one attached hydrogen (secondary N) is 1. The van der Waals surface area contributed by atoms with E-state index in [0.29, 0.717) is 5.56 Å². The van der Waals surface area contributed by atoms with E-state index in [0.717, 1.165) is 7.11 Å². The van der Waals surface area contributed by atoms with Crippen LogP contribution in [0.5, 0.6) is 0 Å². The van der Waals surface area contributed by atoms with Crippen molar-refractivity contribution in [3.05, 3.63) is 35.9 Å². The molecule has 0 bridgehead atoms. The number of esters is 1. The van der Waals surface area contributed by atoms with Gasteiger partial charge in [-0.2, -0.15) is 0 Å². The highest BCUT2D eigenvalue weighted by Gasteiger charge is 2.28. The van der Waals surface area contributed by atoms with E-state index in [1.54, 1.807) is 30.3 Å². The SMILES string of the molecule is COC(=O)C(NC(C)=O)C(=O)c1ccccc1. The topological polar surface area (TPSA) is 72.5 Å². The molecule has 1 unspecified atom stereocenters. The number of carbonyl (C=O) groups is 3. The smallest absolute Gasteiger partial charge is 0.336 e. The third-order valence-corrected chi connectivity index (χ3v) is 2.10. The van der Waals surface area contributed by atoms with Crippen molar-refractivity contribution in [1.29, 1.82) is 0 Å². The molecule has 1 aromatic rings. The summed E-state index contributed by atoms with van der Waals surface area (Å²) in [5.74, 6) is -1.74. The van der Waals surface area contributed by atoms with Gasteiger partial charge in [0.2, 0.25) is 5.91 Å². The summed E-state index contributed by atoms with van der Waals surface area (Å²) >= 11 is 0. The molecule has 0 aliphatic carbocycles. The van der Waals surface area contributed by atoms with Crippen LogP contribution >= 0.6 is 0 Å². The molecule has 0 radical (unpaired) electrons. The lowest BCUT2D eigenvalue weighted by Crippen LogP contribution is -2.46. The molecule has 1 atom stereocenters. The number of hydrogen-bond acceptors (Lipinski definition) is 4. The molecule has 1 amide bonds. The number of ether oxygens (including phenoxy) is 1. The van der Waals surface area contributed by atoms with Crippen LogP contribution in [-0.4, -0.2) is 30.8 Å². The van der Waals surface area contributed by atoms with Gasteiger partial charge in [-0.15, -0.1) is 0 Å². The monoisotopic (exact) mass is 235 g/mol. The minimum absolute atomic E-state index is 0.344. The Kier molecular flexibility index (Phi) is 4.39. The van der Waals surface area contributed by atoms with Gasteiger partial charge in [0.25, 0.3) is 0 Å². The van der Waals surface area contributed by atoms with E-state index in [4.69, 9.17) is 0 Å². The van der Waals surface area contributed by atoms with Crippen molar-refractivity contribution in [2.24, 2.45) is 0 Å². The lowest BCUT2D eigenvalue weighted by atomic mass is 10.0. The van der Waals surface area contributed by atoms with Crippen LogP contribution in [0.15, 0.2) is 30.3 Å². The Morgan fingerprint density at radius 3 is 2.24 bits per heavy atom. The third-order valence-electron chi connectivity index (χ3n) is 2.10. The number of hydrogen-bond donors (Lipinski definition) is 1. The van der Waals surface area contributed by atoms with E-state index in [1.807, 2.05) is 0 Å². The van der Waals surface area contributed by atoms with Crippen molar-refractivity contribution in [2.45, 2.75) is 13.0 Å². The molecular weight excluding hydrogens is 222 g/mol. The summed E-state index contributed by atoms with van der Waals surface area (Å²) in [6, 6.07) is 6.95. The van der Waals surface area contributed by atoms with Gasteiger partial charge in [0, 0.05) is 12.5 Å². The molecule has 0 aromatic heterocycles. The van der Waals surface area contributed by atoms with Crippen LogP contribution < -0.4 is 5.32 Å². The van der Waals surface area contributed by atoms with E-state index < -0.39 is 23.7 Å². The van der Waals surface area contributed by atoms with Crippen LogP contribution in [0.4, 0.5) is 0 Å². The Bertz CT molecular complexity index is 427. The Balaban J connectivity index is 2.94. The predicted molar refractivity (Wildman–Crippen MR) is 60.4 cm³/mol. The summed E-state index contributed by atoms with van der Waals surface area (Å²) in [4.78, 5) is 34.3. The van der Waals surface area contributed by atoms with Crippen molar-refractivity contribution >= 4 is 17.7 Å². The fourth-order valence-electron chi connectivity index (χ4n) is 1.32. The zero-order valence-corrected chi connectivity index (χ0v) is 9.60. The molecule has 0 saturated carbocycles. The number of rotatable bonds is 4. The predicted octanol–water partition coefficient (Wildman–Crippen LogP) is 0.547. The first kappa shape index (κ1) is 12.9. The fourth-order valence-corrected chi connectivity index (χ4v) is 1.32. The molecule has 1 rings (SSSR count). The number of benzene rings is 1. The van der Waals surface area contributed by atoms with Crippen LogP contribution in [-0.2, 0) is 14.3 Å². The maximum Gasteiger partial charge on any atom is 0.336 e. The first-order chi connectivity index (χ1) is 8.06. The van der Waals surface area contributed by atoms with E-state index in [-0.39, 0.29) is 0 Å². The number of Topliss-reactive ketones (excluding diaryl/α,β-unsaturated/α-hetero) is 1. The van der Waals surface area contributed by atoms with Crippen molar-refractivity contribution in [3.8, 4) is 0 Å². The normalized spacial score (nSPS) is 11.4. The first-order valence-corrected chi connectivity index (χ1v) is 5.00. The number of ketones is 1. The second-order valence-corrected chi connectivity index (χ2v) is 3.39. The van der Waals surface area contributed by atoms with Gasteiger partial charge in [0.15, 0.2) is 11.8 Å². The molecule has 1 N–H and O–H groups in total. The van der Waals surface area contributed by atoms with Gasteiger partial charge >= 0.3 is 5.97 Å². The van der Waals surface area contributed by atoms with Crippen LogP contribution in [0.1, 0.15) is 17.3 Å². The van der Waals surface area contributed by atoms with Gasteiger partial charge in [-0.25, -0.2) is 4.79 Å². The average molecular weight is 235 g/mol. The second-order valence-electron chi connectivity index (χ2n) is 3.39. The average Bonchev–Trinajstić information content (AvgIpc) is 2.35. The van der Waals surface area contributed by atoms with E-state index in [2.05, 4.69) is 10.1 Å². The Hall–Kier alpha value is -2.17. The number of amides is 1. The minimum atomic E-state index is -1.29. The van der Waals surface area contributed by atoms with Crippen LogP contribution in [0.2, 0.25) is 0 Å². The molecule has 90 valence electrons. The number of carbonyl (C=O) groups excluding carboxylic acids is 3. The van der Waals surface area contributed by atoms with Crippen LogP contribution in [0.3, 0.4) is 0 Å². The highest BCUT2D eigenvalue weighted by atomic mass is 16.5. The fraction of sp³-hybridized carbons (Fsp3) is 0.250.